The van der Waals surface area contributed by atoms with E-state index in [9.17, 15) is 9.18 Å². The van der Waals surface area contributed by atoms with E-state index < -0.39 is 11.7 Å². The van der Waals surface area contributed by atoms with Gasteiger partial charge in [-0.15, -0.1) is 0 Å². The van der Waals surface area contributed by atoms with Gasteiger partial charge < -0.3 is 15.4 Å². The van der Waals surface area contributed by atoms with Gasteiger partial charge in [-0.3, -0.25) is 4.79 Å². The molecule has 0 radical (unpaired) electrons. The van der Waals surface area contributed by atoms with E-state index in [0.717, 1.165) is 5.69 Å². The maximum atomic E-state index is 13.2. The Labute approximate surface area is 160 Å². The fourth-order valence-corrected chi connectivity index (χ4v) is 2.52. The van der Waals surface area contributed by atoms with Gasteiger partial charge in [0.1, 0.15) is 17.3 Å². The second kappa shape index (κ2) is 8.01. The predicted octanol–water partition coefficient (Wildman–Crippen LogP) is 4.58. The summed E-state index contributed by atoms with van der Waals surface area (Å²) < 4.78 is 18.4. The molecule has 0 bridgehead atoms. The number of carbonyl (C=O) groups is 1. The summed E-state index contributed by atoms with van der Waals surface area (Å²) in [6.45, 7) is 1.75. The number of nitrogens with zero attached hydrogens (tertiary/aromatic N) is 2. The zero-order chi connectivity index (χ0) is 19.4. The molecule has 8 heteroatoms. The number of ether oxygens (including phenoxy) is 1. The molecule has 0 atom stereocenters. The van der Waals surface area contributed by atoms with Gasteiger partial charge in [-0.25, -0.2) is 14.4 Å². The van der Waals surface area contributed by atoms with E-state index >= 15 is 0 Å². The van der Waals surface area contributed by atoms with Crippen LogP contribution in [0.1, 0.15) is 16.2 Å². The molecule has 0 aliphatic rings. The summed E-state index contributed by atoms with van der Waals surface area (Å²) in [6.07, 6.45) is 0. The van der Waals surface area contributed by atoms with Crippen LogP contribution in [0, 0.1) is 12.7 Å². The van der Waals surface area contributed by atoms with Crippen LogP contribution >= 0.6 is 11.6 Å². The lowest BCUT2D eigenvalue weighted by atomic mass is 10.2. The van der Waals surface area contributed by atoms with Crippen molar-refractivity contribution >= 4 is 34.8 Å². The third kappa shape index (κ3) is 4.71. The average Bonchev–Trinajstić information content (AvgIpc) is 2.64. The molecule has 0 aliphatic carbocycles. The molecule has 3 rings (SSSR count). The van der Waals surface area contributed by atoms with E-state index in [1.165, 1.54) is 18.2 Å². The minimum Gasteiger partial charge on any atom is -0.497 e. The maximum absolute atomic E-state index is 13.2. The van der Waals surface area contributed by atoms with Crippen molar-refractivity contribution in [3.8, 4) is 5.75 Å². The van der Waals surface area contributed by atoms with Crippen molar-refractivity contribution in [3.05, 3.63) is 70.8 Å². The number of nitrogens with one attached hydrogen (secondary N) is 2. The van der Waals surface area contributed by atoms with Crippen LogP contribution in [0.4, 0.5) is 21.7 Å². The Hall–Kier alpha value is -3.19. The quantitative estimate of drug-likeness (QED) is 0.671. The lowest BCUT2D eigenvalue weighted by molar-refractivity contribution is 0.102. The van der Waals surface area contributed by atoms with Gasteiger partial charge in [0, 0.05) is 23.1 Å². The number of amides is 1. The van der Waals surface area contributed by atoms with E-state index in [1.807, 2.05) is 18.2 Å². The molecule has 1 aromatic heterocycles. The molecule has 0 spiro atoms. The fraction of sp³-hybridized carbons (Fsp3) is 0.105. The molecule has 138 valence electrons. The number of aromatic nitrogens is 2. The number of halogens is 2. The molecule has 2 N–H and O–H groups in total. The number of hydrogen-bond donors (Lipinski definition) is 2. The van der Waals surface area contributed by atoms with Crippen molar-refractivity contribution in [2.45, 2.75) is 6.92 Å². The van der Waals surface area contributed by atoms with Crippen LogP contribution in [0.25, 0.3) is 0 Å². The molecule has 0 fully saturated rings. The summed E-state index contributed by atoms with van der Waals surface area (Å²) in [6, 6.07) is 12.7. The third-order valence-electron chi connectivity index (χ3n) is 3.59. The Bertz CT molecular complexity index is 997. The maximum Gasteiger partial charge on any atom is 0.274 e. The molecular formula is C19H16ClFN4O2. The molecule has 1 amide bonds. The largest absolute Gasteiger partial charge is 0.497 e. The number of aryl methyl sites for hydroxylation is 1. The molecule has 1 heterocycles. The molecule has 0 aliphatic heterocycles. The number of anilines is 3. The van der Waals surface area contributed by atoms with Gasteiger partial charge in [0.25, 0.3) is 5.91 Å². The fourth-order valence-electron chi connectivity index (χ4n) is 2.34. The average molecular weight is 387 g/mol. The molecule has 0 unspecified atom stereocenters. The van der Waals surface area contributed by atoms with Crippen molar-refractivity contribution in [3.63, 3.8) is 0 Å². The normalized spacial score (nSPS) is 10.4. The first-order chi connectivity index (χ1) is 12.9. The summed E-state index contributed by atoms with van der Waals surface area (Å²) in [7, 11) is 1.58. The van der Waals surface area contributed by atoms with Crippen LogP contribution in [-0.4, -0.2) is 23.0 Å². The predicted molar refractivity (Wildman–Crippen MR) is 102 cm³/mol. The Morgan fingerprint density at radius 1 is 1.11 bits per heavy atom. The van der Waals surface area contributed by atoms with E-state index in [0.29, 0.717) is 17.1 Å². The minimum absolute atomic E-state index is 0.0768. The van der Waals surface area contributed by atoms with Gasteiger partial charge >= 0.3 is 0 Å². The number of benzene rings is 2. The van der Waals surface area contributed by atoms with Crippen molar-refractivity contribution in [1.82, 2.24) is 9.97 Å². The first kappa shape index (κ1) is 18.6. The van der Waals surface area contributed by atoms with Gasteiger partial charge in [-0.05, 0) is 43.3 Å². The van der Waals surface area contributed by atoms with Crippen molar-refractivity contribution in [2.75, 3.05) is 17.7 Å². The van der Waals surface area contributed by atoms with E-state index in [2.05, 4.69) is 20.6 Å². The molecule has 2 aromatic carbocycles. The monoisotopic (exact) mass is 386 g/mol. The SMILES string of the molecule is COc1cccc(Nc2nc(C)cc(C(=O)Nc3ccc(F)c(Cl)c3)n2)c1. The van der Waals surface area contributed by atoms with Crippen molar-refractivity contribution in [1.29, 1.82) is 0 Å². The van der Waals surface area contributed by atoms with Crippen LogP contribution in [0.3, 0.4) is 0 Å². The highest BCUT2D eigenvalue weighted by molar-refractivity contribution is 6.31. The lowest BCUT2D eigenvalue weighted by Gasteiger charge is -2.10. The minimum atomic E-state index is -0.558. The smallest absolute Gasteiger partial charge is 0.274 e. The second-order valence-electron chi connectivity index (χ2n) is 5.66. The van der Waals surface area contributed by atoms with Crippen LogP contribution in [0.2, 0.25) is 5.02 Å². The summed E-state index contributed by atoms with van der Waals surface area (Å²) in [5.41, 5.74) is 1.85. The number of hydrogen-bond acceptors (Lipinski definition) is 5. The Morgan fingerprint density at radius 3 is 2.67 bits per heavy atom. The van der Waals surface area contributed by atoms with Gasteiger partial charge in [0.15, 0.2) is 0 Å². The highest BCUT2D eigenvalue weighted by atomic mass is 35.5. The van der Waals surface area contributed by atoms with Crippen LogP contribution < -0.4 is 15.4 Å². The van der Waals surface area contributed by atoms with Gasteiger partial charge in [-0.2, -0.15) is 0 Å². The Kier molecular flexibility index (Phi) is 5.52. The van der Waals surface area contributed by atoms with Crippen LogP contribution in [0.15, 0.2) is 48.5 Å². The Balaban J connectivity index is 1.81. The highest BCUT2D eigenvalue weighted by Gasteiger charge is 2.12. The number of carbonyl (C=O) groups excluding carboxylic acids is 1. The van der Waals surface area contributed by atoms with Crippen LogP contribution in [-0.2, 0) is 0 Å². The number of rotatable bonds is 5. The summed E-state index contributed by atoms with van der Waals surface area (Å²) in [5.74, 6) is -0.0708. The number of methoxy groups -OCH3 is 1. The summed E-state index contributed by atoms with van der Waals surface area (Å²) >= 11 is 5.74. The van der Waals surface area contributed by atoms with Crippen molar-refractivity contribution in [2.24, 2.45) is 0 Å². The summed E-state index contributed by atoms with van der Waals surface area (Å²) in [4.78, 5) is 21.0. The molecule has 3 aromatic rings. The van der Waals surface area contributed by atoms with E-state index in [1.54, 1.807) is 26.2 Å². The van der Waals surface area contributed by atoms with Gasteiger partial charge in [-0.1, -0.05) is 17.7 Å². The third-order valence-corrected chi connectivity index (χ3v) is 3.88. The first-order valence-corrected chi connectivity index (χ1v) is 8.35. The summed E-state index contributed by atoms with van der Waals surface area (Å²) in [5, 5.41) is 5.60. The molecule has 0 saturated carbocycles. The Morgan fingerprint density at radius 2 is 1.93 bits per heavy atom. The van der Waals surface area contributed by atoms with Crippen LogP contribution in [0.5, 0.6) is 5.75 Å². The zero-order valence-corrected chi connectivity index (χ0v) is 15.3. The standard InChI is InChI=1S/C19H16ClFN4O2/c1-11-8-17(18(26)23-13-6-7-16(21)15(20)10-13)25-19(22-11)24-12-4-3-5-14(9-12)27-2/h3-10H,1-2H3,(H,23,26)(H,22,24,25). The highest BCUT2D eigenvalue weighted by Crippen LogP contribution is 2.21. The lowest BCUT2D eigenvalue weighted by Crippen LogP contribution is -2.15. The molecule has 6 nitrogen and oxygen atoms in total. The molecule has 0 saturated heterocycles. The molecule has 27 heavy (non-hydrogen) atoms. The van der Waals surface area contributed by atoms with E-state index in [-0.39, 0.29) is 16.7 Å². The first-order valence-electron chi connectivity index (χ1n) is 7.98. The van der Waals surface area contributed by atoms with Gasteiger partial charge in [0.2, 0.25) is 5.95 Å². The molecular weight excluding hydrogens is 371 g/mol. The van der Waals surface area contributed by atoms with Gasteiger partial charge in [0.05, 0.1) is 12.1 Å². The topological polar surface area (TPSA) is 76.1 Å². The zero-order valence-electron chi connectivity index (χ0n) is 14.6. The van der Waals surface area contributed by atoms with E-state index in [4.69, 9.17) is 16.3 Å². The van der Waals surface area contributed by atoms with Crippen molar-refractivity contribution < 1.29 is 13.9 Å². The second-order valence-corrected chi connectivity index (χ2v) is 6.07.